The van der Waals surface area contributed by atoms with Crippen LogP contribution in [0.2, 0.25) is 0 Å². The molecule has 0 unspecified atom stereocenters. The quantitative estimate of drug-likeness (QED) is 0.631. The van der Waals surface area contributed by atoms with E-state index in [0.717, 1.165) is 22.8 Å². The summed E-state index contributed by atoms with van der Waals surface area (Å²) in [6.45, 7) is 1.83. The van der Waals surface area contributed by atoms with Crippen LogP contribution >= 0.6 is 11.3 Å². The van der Waals surface area contributed by atoms with Crippen LogP contribution in [0.25, 0.3) is 5.69 Å². The lowest BCUT2D eigenvalue weighted by atomic mass is 9.50. The van der Waals surface area contributed by atoms with Crippen molar-refractivity contribution in [2.24, 2.45) is 17.8 Å². The standard InChI is InChI=1S/C23H24FN5OS/c1-13-19(12-25-29(13)18-4-2-17(24)3-5-18)20(30)26-22-28-27-21(31-22)23-9-14-6-15(10-23)8-16(7-14)11-23/h2-5,12,14-16H,6-11H2,1H3,(H,26,28,30). The van der Waals surface area contributed by atoms with Gasteiger partial charge < -0.3 is 0 Å². The number of carbonyl (C=O) groups is 1. The van der Waals surface area contributed by atoms with Crippen LogP contribution in [0, 0.1) is 30.5 Å². The highest BCUT2D eigenvalue weighted by molar-refractivity contribution is 7.15. The first-order valence-corrected chi connectivity index (χ1v) is 11.8. The van der Waals surface area contributed by atoms with Crippen molar-refractivity contribution in [2.45, 2.75) is 50.9 Å². The summed E-state index contributed by atoms with van der Waals surface area (Å²) in [6.07, 6.45) is 9.38. The minimum Gasteiger partial charge on any atom is -0.296 e. The Bertz CT molecular complexity index is 1120. The summed E-state index contributed by atoms with van der Waals surface area (Å²) >= 11 is 1.53. The average Bonchev–Trinajstić information content (AvgIpc) is 3.35. The second-order valence-electron chi connectivity index (χ2n) is 9.60. The monoisotopic (exact) mass is 437 g/mol. The lowest BCUT2D eigenvalue weighted by molar-refractivity contribution is -0.00555. The van der Waals surface area contributed by atoms with Gasteiger partial charge in [-0.05, 0) is 87.5 Å². The second-order valence-corrected chi connectivity index (χ2v) is 10.6. The normalized spacial score (nSPS) is 28.8. The molecular formula is C23H24FN5OS. The van der Waals surface area contributed by atoms with E-state index in [9.17, 15) is 9.18 Å². The largest absolute Gasteiger partial charge is 0.296 e. The minimum atomic E-state index is -0.308. The second kappa shape index (κ2) is 6.95. The molecule has 160 valence electrons. The van der Waals surface area contributed by atoms with E-state index in [2.05, 4.69) is 20.6 Å². The van der Waals surface area contributed by atoms with Gasteiger partial charge in [0.05, 0.1) is 23.1 Å². The fraction of sp³-hybridized carbons (Fsp3) is 0.478. The van der Waals surface area contributed by atoms with Crippen LogP contribution in [-0.2, 0) is 5.41 Å². The number of hydrogen-bond donors (Lipinski definition) is 1. The van der Waals surface area contributed by atoms with E-state index in [4.69, 9.17) is 0 Å². The van der Waals surface area contributed by atoms with Gasteiger partial charge in [-0.25, -0.2) is 9.07 Å². The molecule has 4 saturated carbocycles. The van der Waals surface area contributed by atoms with Crippen LogP contribution in [-0.4, -0.2) is 25.9 Å². The fourth-order valence-electron chi connectivity index (χ4n) is 6.50. The third-order valence-electron chi connectivity index (χ3n) is 7.46. The third-order valence-corrected chi connectivity index (χ3v) is 8.55. The van der Waals surface area contributed by atoms with Crippen molar-refractivity contribution in [2.75, 3.05) is 5.32 Å². The van der Waals surface area contributed by atoms with Gasteiger partial charge in [-0.2, -0.15) is 5.10 Å². The Labute approximate surface area is 183 Å². The Morgan fingerprint density at radius 2 is 1.74 bits per heavy atom. The molecule has 0 spiro atoms. The summed E-state index contributed by atoms with van der Waals surface area (Å²) in [4.78, 5) is 12.9. The molecular weight excluding hydrogens is 413 g/mol. The van der Waals surface area contributed by atoms with E-state index >= 15 is 0 Å². The molecule has 7 rings (SSSR count). The van der Waals surface area contributed by atoms with Crippen LogP contribution in [0.3, 0.4) is 0 Å². The van der Waals surface area contributed by atoms with Crippen molar-refractivity contribution in [3.63, 3.8) is 0 Å². The molecule has 1 aromatic carbocycles. The molecule has 31 heavy (non-hydrogen) atoms. The summed E-state index contributed by atoms with van der Waals surface area (Å²) in [5, 5.41) is 17.7. The number of anilines is 1. The van der Waals surface area contributed by atoms with Crippen LogP contribution < -0.4 is 5.32 Å². The van der Waals surface area contributed by atoms with E-state index in [-0.39, 0.29) is 17.1 Å². The molecule has 4 bridgehead atoms. The van der Waals surface area contributed by atoms with E-state index < -0.39 is 0 Å². The van der Waals surface area contributed by atoms with Crippen molar-refractivity contribution < 1.29 is 9.18 Å². The number of amides is 1. The lowest BCUT2D eigenvalue weighted by Gasteiger charge is -2.55. The Hall–Kier alpha value is -2.61. The van der Waals surface area contributed by atoms with Gasteiger partial charge in [0.15, 0.2) is 0 Å². The molecule has 1 N–H and O–H groups in total. The zero-order chi connectivity index (χ0) is 21.2. The van der Waals surface area contributed by atoms with Crippen molar-refractivity contribution in [3.05, 3.63) is 52.5 Å². The summed E-state index contributed by atoms with van der Waals surface area (Å²) in [5.41, 5.74) is 2.04. The van der Waals surface area contributed by atoms with Gasteiger partial charge in [0.2, 0.25) is 5.13 Å². The van der Waals surface area contributed by atoms with Crippen LogP contribution in [0.1, 0.15) is 59.6 Å². The first kappa shape index (κ1) is 19.1. The van der Waals surface area contributed by atoms with Gasteiger partial charge in [-0.15, -0.1) is 10.2 Å². The Morgan fingerprint density at radius 1 is 1.10 bits per heavy atom. The molecule has 0 radical (unpaired) electrons. The summed E-state index contributed by atoms with van der Waals surface area (Å²) in [5.74, 6) is 1.96. The van der Waals surface area contributed by atoms with Gasteiger partial charge in [-0.3, -0.25) is 10.1 Å². The highest BCUT2D eigenvalue weighted by Crippen LogP contribution is 2.61. The molecule has 3 aromatic rings. The smallest absolute Gasteiger partial charge is 0.260 e. The number of carbonyl (C=O) groups excluding carboxylic acids is 1. The van der Waals surface area contributed by atoms with Crippen LogP contribution in [0.15, 0.2) is 30.5 Å². The molecule has 8 heteroatoms. The van der Waals surface area contributed by atoms with E-state index in [1.54, 1.807) is 16.8 Å². The van der Waals surface area contributed by atoms with Crippen LogP contribution in [0.5, 0.6) is 0 Å². The van der Waals surface area contributed by atoms with E-state index in [0.29, 0.717) is 22.1 Å². The molecule has 6 nitrogen and oxygen atoms in total. The molecule has 2 aromatic heterocycles. The van der Waals surface area contributed by atoms with Gasteiger partial charge in [-0.1, -0.05) is 11.3 Å². The lowest BCUT2D eigenvalue weighted by Crippen LogP contribution is -2.48. The molecule has 0 atom stereocenters. The third kappa shape index (κ3) is 3.19. The zero-order valence-electron chi connectivity index (χ0n) is 17.3. The Balaban J connectivity index is 1.21. The first-order chi connectivity index (χ1) is 15.0. The number of hydrogen-bond acceptors (Lipinski definition) is 5. The summed E-state index contributed by atoms with van der Waals surface area (Å²) in [6, 6.07) is 6.03. The number of halogens is 1. The van der Waals surface area contributed by atoms with Crippen molar-refractivity contribution in [1.29, 1.82) is 0 Å². The van der Waals surface area contributed by atoms with Gasteiger partial charge in [0, 0.05) is 5.41 Å². The number of rotatable bonds is 4. The average molecular weight is 438 g/mol. The van der Waals surface area contributed by atoms with Crippen molar-refractivity contribution in [1.82, 2.24) is 20.0 Å². The number of aromatic nitrogens is 4. The van der Waals surface area contributed by atoms with Crippen molar-refractivity contribution >= 4 is 22.4 Å². The topological polar surface area (TPSA) is 72.7 Å². The maximum Gasteiger partial charge on any atom is 0.260 e. The molecule has 0 saturated heterocycles. The summed E-state index contributed by atoms with van der Waals surface area (Å²) in [7, 11) is 0. The molecule has 0 aliphatic heterocycles. The zero-order valence-corrected chi connectivity index (χ0v) is 18.2. The Morgan fingerprint density at radius 3 is 2.39 bits per heavy atom. The van der Waals surface area contributed by atoms with Gasteiger partial charge >= 0.3 is 0 Å². The number of benzene rings is 1. The van der Waals surface area contributed by atoms with Crippen LogP contribution in [0.4, 0.5) is 9.52 Å². The number of nitrogens with zero attached hydrogens (tertiary/aromatic N) is 4. The molecule has 4 aliphatic carbocycles. The van der Waals surface area contributed by atoms with E-state index in [1.807, 2.05) is 6.92 Å². The molecule has 2 heterocycles. The minimum absolute atomic E-state index is 0.179. The van der Waals surface area contributed by atoms with E-state index in [1.165, 1.54) is 68.2 Å². The maximum atomic E-state index is 13.2. The highest BCUT2D eigenvalue weighted by atomic mass is 32.1. The van der Waals surface area contributed by atoms with Gasteiger partial charge in [0.1, 0.15) is 10.8 Å². The molecule has 4 aliphatic rings. The predicted octanol–water partition coefficient (Wildman–Crippen LogP) is 4.89. The fourth-order valence-corrected chi connectivity index (χ4v) is 7.46. The highest BCUT2D eigenvalue weighted by Gasteiger charge is 2.53. The maximum absolute atomic E-state index is 13.2. The summed E-state index contributed by atoms with van der Waals surface area (Å²) < 4.78 is 14.8. The Kier molecular flexibility index (Phi) is 4.28. The predicted molar refractivity (Wildman–Crippen MR) is 116 cm³/mol. The first-order valence-electron chi connectivity index (χ1n) is 10.9. The SMILES string of the molecule is Cc1c(C(=O)Nc2nnc(C34CC5CC(CC(C5)C3)C4)s2)cnn1-c1ccc(F)cc1. The number of nitrogens with one attached hydrogen (secondary N) is 1. The molecule has 1 amide bonds. The van der Waals surface area contributed by atoms with Crippen molar-refractivity contribution in [3.8, 4) is 5.69 Å². The van der Waals surface area contributed by atoms with Gasteiger partial charge in [0.25, 0.3) is 5.91 Å². The molecule has 4 fully saturated rings.